The first-order valence-electron chi connectivity index (χ1n) is 7.41. The second kappa shape index (κ2) is 5.92. The summed E-state index contributed by atoms with van der Waals surface area (Å²) in [7, 11) is 0. The number of furan rings is 1. The van der Waals surface area contributed by atoms with Crippen LogP contribution in [0.1, 0.15) is 61.4 Å². The van der Waals surface area contributed by atoms with E-state index in [1.165, 1.54) is 12.5 Å². The van der Waals surface area contributed by atoms with Crippen LogP contribution >= 0.6 is 0 Å². The minimum atomic E-state index is -1.01. The van der Waals surface area contributed by atoms with Gasteiger partial charge in [0.1, 0.15) is 17.1 Å². The van der Waals surface area contributed by atoms with Crippen molar-refractivity contribution in [1.29, 1.82) is 0 Å². The van der Waals surface area contributed by atoms with Gasteiger partial charge in [0.05, 0.1) is 6.54 Å². The van der Waals surface area contributed by atoms with Crippen LogP contribution in [0.4, 0.5) is 0 Å². The molecule has 0 bridgehead atoms. The smallest absolute Gasteiger partial charge is 0.339 e. The topological polar surface area (TPSA) is 79.5 Å². The molecule has 0 spiro atoms. The number of carboxylic acid groups (broad SMARTS) is 1. The van der Waals surface area contributed by atoms with Crippen LogP contribution in [-0.4, -0.2) is 17.0 Å². The molecule has 2 rings (SSSR count). The molecule has 21 heavy (non-hydrogen) atoms. The SMILES string of the molecule is Cc1oc(CNC(=O)C2CCCCC2(C)C)cc1C(=O)O. The first-order chi connectivity index (χ1) is 9.81. The molecule has 116 valence electrons. The number of aryl methyl sites for hydroxylation is 1. The van der Waals surface area contributed by atoms with Gasteiger partial charge in [-0.1, -0.05) is 26.7 Å². The molecule has 0 aliphatic heterocycles. The first kappa shape index (κ1) is 15.6. The fourth-order valence-corrected chi connectivity index (χ4v) is 3.12. The second-order valence-electron chi connectivity index (χ2n) is 6.49. The van der Waals surface area contributed by atoms with E-state index in [0.717, 1.165) is 19.3 Å². The van der Waals surface area contributed by atoms with Gasteiger partial charge in [-0.3, -0.25) is 4.79 Å². The molecule has 2 N–H and O–H groups in total. The van der Waals surface area contributed by atoms with Crippen molar-refractivity contribution in [2.45, 2.75) is 53.0 Å². The molecular weight excluding hydrogens is 270 g/mol. The van der Waals surface area contributed by atoms with Gasteiger partial charge < -0.3 is 14.8 Å². The van der Waals surface area contributed by atoms with Gasteiger partial charge >= 0.3 is 5.97 Å². The molecule has 1 unspecified atom stereocenters. The molecule has 1 saturated carbocycles. The largest absolute Gasteiger partial charge is 0.478 e. The van der Waals surface area contributed by atoms with E-state index >= 15 is 0 Å². The molecule has 1 fully saturated rings. The molecule has 0 radical (unpaired) electrons. The highest BCUT2D eigenvalue weighted by Crippen LogP contribution is 2.40. The molecule has 1 atom stereocenters. The fraction of sp³-hybridized carbons (Fsp3) is 0.625. The molecule has 1 aliphatic carbocycles. The Labute approximate surface area is 124 Å². The number of hydrogen-bond acceptors (Lipinski definition) is 3. The van der Waals surface area contributed by atoms with Crippen molar-refractivity contribution in [3.05, 3.63) is 23.2 Å². The van der Waals surface area contributed by atoms with E-state index in [-0.39, 0.29) is 29.3 Å². The summed E-state index contributed by atoms with van der Waals surface area (Å²) in [5.41, 5.74) is 0.172. The Balaban J connectivity index is 1.98. The van der Waals surface area contributed by atoms with Gasteiger partial charge in [0.2, 0.25) is 5.91 Å². The third kappa shape index (κ3) is 3.46. The van der Waals surface area contributed by atoms with E-state index in [0.29, 0.717) is 11.5 Å². The normalized spacial score (nSPS) is 21.0. The van der Waals surface area contributed by atoms with E-state index in [1.807, 2.05) is 0 Å². The fourth-order valence-electron chi connectivity index (χ4n) is 3.12. The van der Waals surface area contributed by atoms with Crippen LogP contribution in [0.15, 0.2) is 10.5 Å². The van der Waals surface area contributed by atoms with Crippen molar-refractivity contribution < 1.29 is 19.1 Å². The lowest BCUT2D eigenvalue weighted by Crippen LogP contribution is -2.40. The molecule has 1 aromatic heterocycles. The summed E-state index contributed by atoms with van der Waals surface area (Å²) in [6.07, 6.45) is 4.24. The number of carbonyl (C=O) groups is 2. The Morgan fingerprint density at radius 2 is 2.14 bits per heavy atom. The molecule has 5 heteroatoms. The van der Waals surface area contributed by atoms with Gasteiger partial charge in [-0.25, -0.2) is 4.79 Å². The lowest BCUT2D eigenvalue weighted by atomic mass is 9.68. The number of carbonyl (C=O) groups excluding carboxylic acids is 1. The van der Waals surface area contributed by atoms with Crippen LogP contribution in [0, 0.1) is 18.3 Å². The highest BCUT2D eigenvalue weighted by Gasteiger charge is 2.36. The number of rotatable bonds is 4. The average Bonchev–Trinajstić information content (AvgIpc) is 2.77. The lowest BCUT2D eigenvalue weighted by Gasteiger charge is -2.37. The van der Waals surface area contributed by atoms with Gasteiger partial charge in [-0.2, -0.15) is 0 Å². The third-order valence-corrected chi connectivity index (χ3v) is 4.46. The number of carboxylic acids is 1. The standard InChI is InChI=1S/C16H23NO4/c1-10-12(15(19)20)8-11(21-10)9-17-14(18)13-6-4-5-7-16(13,2)3/h8,13H,4-7,9H2,1-3H3,(H,17,18)(H,19,20). The van der Waals surface area contributed by atoms with Crippen LogP contribution in [0.5, 0.6) is 0 Å². The van der Waals surface area contributed by atoms with Crippen molar-refractivity contribution in [1.82, 2.24) is 5.32 Å². The Kier molecular flexibility index (Phi) is 4.40. The predicted octanol–water partition coefficient (Wildman–Crippen LogP) is 3.12. The Morgan fingerprint density at radius 3 is 2.71 bits per heavy atom. The van der Waals surface area contributed by atoms with Crippen molar-refractivity contribution in [3.63, 3.8) is 0 Å². The molecule has 1 heterocycles. The Morgan fingerprint density at radius 1 is 1.43 bits per heavy atom. The van der Waals surface area contributed by atoms with E-state index < -0.39 is 5.97 Å². The van der Waals surface area contributed by atoms with Crippen LogP contribution in [-0.2, 0) is 11.3 Å². The van der Waals surface area contributed by atoms with Crippen molar-refractivity contribution in [2.75, 3.05) is 0 Å². The molecule has 1 amide bonds. The highest BCUT2D eigenvalue weighted by atomic mass is 16.4. The highest BCUT2D eigenvalue weighted by molar-refractivity contribution is 5.88. The minimum absolute atomic E-state index is 0.0150. The van der Waals surface area contributed by atoms with E-state index in [4.69, 9.17) is 9.52 Å². The number of amides is 1. The number of hydrogen-bond donors (Lipinski definition) is 2. The lowest BCUT2D eigenvalue weighted by molar-refractivity contribution is -0.130. The van der Waals surface area contributed by atoms with Crippen molar-refractivity contribution >= 4 is 11.9 Å². The van der Waals surface area contributed by atoms with Crippen molar-refractivity contribution in [2.24, 2.45) is 11.3 Å². The van der Waals surface area contributed by atoms with Crippen LogP contribution in [0.25, 0.3) is 0 Å². The Bertz CT molecular complexity index is 544. The zero-order valence-corrected chi connectivity index (χ0v) is 12.9. The van der Waals surface area contributed by atoms with Crippen LogP contribution in [0.2, 0.25) is 0 Å². The molecular formula is C16H23NO4. The van der Waals surface area contributed by atoms with Gasteiger partial charge in [0, 0.05) is 5.92 Å². The molecule has 0 aromatic carbocycles. The summed E-state index contributed by atoms with van der Waals surface area (Å²) < 4.78 is 5.37. The molecule has 5 nitrogen and oxygen atoms in total. The van der Waals surface area contributed by atoms with E-state index in [2.05, 4.69) is 19.2 Å². The van der Waals surface area contributed by atoms with Gasteiger partial charge in [0.15, 0.2) is 0 Å². The molecule has 1 aliphatic rings. The molecule has 0 saturated heterocycles. The van der Waals surface area contributed by atoms with Gasteiger partial charge in [-0.15, -0.1) is 0 Å². The molecule has 1 aromatic rings. The first-order valence-corrected chi connectivity index (χ1v) is 7.41. The minimum Gasteiger partial charge on any atom is -0.478 e. The summed E-state index contributed by atoms with van der Waals surface area (Å²) in [6, 6.07) is 1.48. The summed E-state index contributed by atoms with van der Waals surface area (Å²) in [4.78, 5) is 23.3. The number of nitrogens with one attached hydrogen (secondary N) is 1. The maximum absolute atomic E-state index is 12.3. The van der Waals surface area contributed by atoms with E-state index in [1.54, 1.807) is 6.92 Å². The monoisotopic (exact) mass is 293 g/mol. The predicted molar refractivity (Wildman–Crippen MR) is 78.0 cm³/mol. The summed E-state index contributed by atoms with van der Waals surface area (Å²) >= 11 is 0. The number of aromatic carboxylic acids is 1. The van der Waals surface area contributed by atoms with Gasteiger partial charge in [-0.05, 0) is 31.2 Å². The zero-order valence-electron chi connectivity index (χ0n) is 12.9. The summed E-state index contributed by atoms with van der Waals surface area (Å²) in [5.74, 6) is -0.120. The summed E-state index contributed by atoms with van der Waals surface area (Å²) in [6.45, 7) is 6.12. The Hall–Kier alpha value is -1.78. The van der Waals surface area contributed by atoms with Crippen molar-refractivity contribution in [3.8, 4) is 0 Å². The van der Waals surface area contributed by atoms with Crippen LogP contribution < -0.4 is 5.32 Å². The second-order valence-corrected chi connectivity index (χ2v) is 6.49. The average molecular weight is 293 g/mol. The third-order valence-electron chi connectivity index (χ3n) is 4.46. The maximum Gasteiger partial charge on any atom is 0.339 e. The zero-order chi connectivity index (χ0) is 15.6. The summed E-state index contributed by atoms with van der Waals surface area (Å²) in [5, 5.41) is 11.9. The maximum atomic E-state index is 12.3. The van der Waals surface area contributed by atoms with Crippen LogP contribution in [0.3, 0.4) is 0 Å². The quantitative estimate of drug-likeness (QED) is 0.894. The van der Waals surface area contributed by atoms with E-state index in [9.17, 15) is 9.59 Å². The van der Waals surface area contributed by atoms with Gasteiger partial charge in [0.25, 0.3) is 0 Å².